The summed E-state index contributed by atoms with van der Waals surface area (Å²) in [6, 6.07) is 27.8. The first-order chi connectivity index (χ1) is 19.9. The molecule has 0 aliphatic carbocycles. The van der Waals surface area contributed by atoms with Gasteiger partial charge in [-0.15, -0.1) is 11.3 Å². The number of aryl methyl sites for hydroxylation is 1. The van der Waals surface area contributed by atoms with Crippen LogP contribution in [0.25, 0.3) is 32.6 Å². The smallest absolute Gasteiger partial charge is 0.350 e. The van der Waals surface area contributed by atoms with Crippen LogP contribution in [0.3, 0.4) is 0 Å². The molecule has 0 saturated carbocycles. The second kappa shape index (κ2) is 12.4. The van der Waals surface area contributed by atoms with E-state index >= 15 is 0 Å². The van der Waals surface area contributed by atoms with Gasteiger partial charge >= 0.3 is 5.97 Å². The van der Waals surface area contributed by atoms with Gasteiger partial charge in [0.25, 0.3) is 5.91 Å². The van der Waals surface area contributed by atoms with E-state index in [1.165, 1.54) is 11.3 Å². The summed E-state index contributed by atoms with van der Waals surface area (Å²) >= 11 is 1.21. The van der Waals surface area contributed by atoms with E-state index in [-0.39, 0.29) is 25.0 Å². The summed E-state index contributed by atoms with van der Waals surface area (Å²) in [5, 5.41) is 3.67. The minimum Gasteiger partial charge on any atom is -0.483 e. The van der Waals surface area contributed by atoms with Gasteiger partial charge in [0.1, 0.15) is 15.5 Å². The number of rotatable bonds is 9. The lowest BCUT2D eigenvalue weighted by Gasteiger charge is -2.15. The van der Waals surface area contributed by atoms with Crippen molar-refractivity contribution in [3.63, 3.8) is 0 Å². The Hall–Kier alpha value is -4.49. The van der Waals surface area contributed by atoms with E-state index in [1.54, 1.807) is 6.92 Å². The molecule has 0 spiro atoms. The zero-order valence-electron chi connectivity index (χ0n) is 23.6. The molecule has 5 aromatic rings. The number of amides is 1. The van der Waals surface area contributed by atoms with Gasteiger partial charge in [-0.05, 0) is 54.2 Å². The zero-order chi connectivity index (χ0) is 28.9. The Morgan fingerprint density at radius 3 is 2.27 bits per heavy atom. The molecular formula is C34H32N2O4S. The monoisotopic (exact) mass is 564 g/mol. The molecule has 0 fully saturated rings. The first-order valence-corrected chi connectivity index (χ1v) is 14.5. The highest BCUT2D eigenvalue weighted by Gasteiger charge is 2.26. The van der Waals surface area contributed by atoms with Crippen molar-refractivity contribution in [2.75, 3.05) is 18.5 Å². The standard InChI is InChI=1S/C34H32N2O4S/c1-5-39-34(38)32-31(36-29(37)20-40-28-18-22(4)16-17-25(28)21(2)3)30-26(23-12-8-6-9-13-23)19-27(35-33(30)41-32)24-14-10-7-11-15-24/h6-19,21H,5,20H2,1-4H3,(H,36,37). The van der Waals surface area contributed by atoms with Crippen LogP contribution in [0.15, 0.2) is 84.9 Å². The largest absolute Gasteiger partial charge is 0.483 e. The van der Waals surface area contributed by atoms with E-state index in [0.29, 0.717) is 26.5 Å². The molecule has 0 aliphatic heterocycles. The second-order valence-corrected chi connectivity index (χ2v) is 11.0. The Morgan fingerprint density at radius 2 is 1.61 bits per heavy atom. The number of aromatic nitrogens is 1. The van der Waals surface area contributed by atoms with Crippen molar-refractivity contribution < 1.29 is 19.1 Å². The number of pyridine rings is 1. The normalized spacial score (nSPS) is 11.0. The summed E-state index contributed by atoms with van der Waals surface area (Å²) in [6.07, 6.45) is 0. The van der Waals surface area contributed by atoms with Crippen LogP contribution in [-0.4, -0.2) is 30.1 Å². The molecule has 5 rings (SSSR count). The number of nitrogens with zero attached hydrogens (tertiary/aromatic N) is 1. The number of nitrogens with one attached hydrogen (secondary N) is 1. The molecule has 1 amide bonds. The first-order valence-electron chi connectivity index (χ1n) is 13.6. The molecule has 6 nitrogen and oxygen atoms in total. The lowest BCUT2D eigenvalue weighted by molar-refractivity contribution is -0.118. The molecule has 2 aromatic heterocycles. The maximum Gasteiger partial charge on any atom is 0.350 e. The van der Waals surface area contributed by atoms with Crippen molar-refractivity contribution in [2.24, 2.45) is 0 Å². The van der Waals surface area contributed by atoms with E-state index in [2.05, 4.69) is 19.2 Å². The Labute approximate surface area is 244 Å². The number of carbonyl (C=O) groups is 2. The van der Waals surface area contributed by atoms with Gasteiger partial charge < -0.3 is 14.8 Å². The van der Waals surface area contributed by atoms with Crippen LogP contribution in [0.5, 0.6) is 5.75 Å². The molecule has 208 valence electrons. The lowest BCUT2D eigenvalue weighted by atomic mass is 9.99. The molecule has 0 unspecified atom stereocenters. The molecule has 0 bridgehead atoms. The predicted octanol–water partition coefficient (Wildman–Crippen LogP) is 8.26. The number of thiophene rings is 1. The number of anilines is 1. The maximum atomic E-state index is 13.4. The molecule has 0 aliphatic rings. The summed E-state index contributed by atoms with van der Waals surface area (Å²) in [4.78, 5) is 32.3. The number of carbonyl (C=O) groups excluding carboxylic acids is 2. The third-order valence-corrected chi connectivity index (χ3v) is 7.76. The van der Waals surface area contributed by atoms with Crippen LogP contribution in [0.2, 0.25) is 0 Å². The van der Waals surface area contributed by atoms with E-state index in [4.69, 9.17) is 14.5 Å². The van der Waals surface area contributed by atoms with Gasteiger partial charge in [-0.2, -0.15) is 0 Å². The van der Waals surface area contributed by atoms with Crippen LogP contribution in [0.1, 0.15) is 47.5 Å². The van der Waals surface area contributed by atoms with Gasteiger partial charge in [0, 0.05) is 10.9 Å². The summed E-state index contributed by atoms with van der Waals surface area (Å²) in [6.45, 7) is 7.92. The molecule has 7 heteroatoms. The summed E-state index contributed by atoms with van der Waals surface area (Å²) in [5.74, 6) is 0.0312. The fraction of sp³-hybridized carbons (Fsp3) is 0.206. The third kappa shape index (κ3) is 6.15. The second-order valence-electron chi connectivity index (χ2n) is 10.0. The summed E-state index contributed by atoms with van der Waals surface area (Å²) in [5.41, 5.74) is 5.99. The van der Waals surface area contributed by atoms with Crippen LogP contribution in [0.4, 0.5) is 5.69 Å². The van der Waals surface area contributed by atoms with Crippen LogP contribution < -0.4 is 10.1 Å². The van der Waals surface area contributed by atoms with E-state index in [9.17, 15) is 9.59 Å². The Bertz CT molecular complexity index is 1690. The van der Waals surface area contributed by atoms with Crippen LogP contribution in [0, 0.1) is 6.92 Å². The van der Waals surface area contributed by atoms with Crippen molar-refractivity contribution in [1.82, 2.24) is 4.98 Å². The highest BCUT2D eigenvalue weighted by Crippen LogP contribution is 2.43. The topological polar surface area (TPSA) is 77.5 Å². The van der Waals surface area contributed by atoms with Crippen molar-refractivity contribution in [3.8, 4) is 28.1 Å². The fourth-order valence-corrected chi connectivity index (χ4v) is 5.77. The Morgan fingerprint density at radius 1 is 0.927 bits per heavy atom. The first kappa shape index (κ1) is 28.1. The maximum absolute atomic E-state index is 13.4. The number of benzene rings is 3. The molecule has 0 radical (unpaired) electrons. The number of ether oxygens (including phenoxy) is 2. The van der Waals surface area contributed by atoms with Crippen molar-refractivity contribution >= 4 is 39.1 Å². The van der Waals surface area contributed by atoms with Gasteiger partial charge in [-0.1, -0.05) is 86.6 Å². The van der Waals surface area contributed by atoms with Gasteiger partial charge in [0.2, 0.25) is 0 Å². The molecule has 1 N–H and O–H groups in total. The van der Waals surface area contributed by atoms with Crippen molar-refractivity contribution in [3.05, 3.63) is 101 Å². The number of fused-ring (bicyclic) bond motifs is 1. The average molecular weight is 565 g/mol. The lowest BCUT2D eigenvalue weighted by Crippen LogP contribution is -2.22. The SMILES string of the molecule is CCOC(=O)c1sc2nc(-c3ccccc3)cc(-c3ccccc3)c2c1NC(=O)COc1cc(C)ccc1C(C)C. The highest BCUT2D eigenvalue weighted by molar-refractivity contribution is 7.21. The molecule has 3 aromatic carbocycles. The Balaban J connectivity index is 1.59. The van der Waals surface area contributed by atoms with Crippen molar-refractivity contribution in [1.29, 1.82) is 0 Å². The number of hydrogen-bond acceptors (Lipinski definition) is 6. The third-order valence-electron chi connectivity index (χ3n) is 6.69. The van der Waals surface area contributed by atoms with Crippen LogP contribution in [-0.2, 0) is 9.53 Å². The molecule has 0 saturated heterocycles. The predicted molar refractivity (Wildman–Crippen MR) is 166 cm³/mol. The van der Waals surface area contributed by atoms with E-state index in [1.807, 2.05) is 91.9 Å². The van der Waals surface area contributed by atoms with E-state index < -0.39 is 5.97 Å². The summed E-state index contributed by atoms with van der Waals surface area (Å²) < 4.78 is 11.4. The quantitative estimate of drug-likeness (QED) is 0.182. The molecular weight excluding hydrogens is 532 g/mol. The zero-order valence-corrected chi connectivity index (χ0v) is 24.4. The van der Waals surface area contributed by atoms with Gasteiger partial charge in [0.05, 0.1) is 18.0 Å². The molecule has 41 heavy (non-hydrogen) atoms. The minimum absolute atomic E-state index is 0.209. The fourth-order valence-electron chi connectivity index (χ4n) is 4.72. The number of hydrogen-bond donors (Lipinski definition) is 1. The number of esters is 1. The van der Waals surface area contributed by atoms with Gasteiger partial charge in [-0.25, -0.2) is 9.78 Å². The average Bonchev–Trinajstić information content (AvgIpc) is 3.34. The van der Waals surface area contributed by atoms with Crippen LogP contribution >= 0.6 is 11.3 Å². The minimum atomic E-state index is -0.507. The van der Waals surface area contributed by atoms with Gasteiger partial charge in [-0.3, -0.25) is 4.79 Å². The summed E-state index contributed by atoms with van der Waals surface area (Å²) in [7, 11) is 0. The van der Waals surface area contributed by atoms with Gasteiger partial charge in [0.15, 0.2) is 6.61 Å². The Kier molecular flexibility index (Phi) is 8.45. The molecule has 2 heterocycles. The van der Waals surface area contributed by atoms with Crippen molar-refractivity contribution in [2.45, 2.75) is 33.6 Å². The highest BCUT2D eigenvalue weighted by atomic mass is 32.1. The molecule has 0 atom stereocenters. The van der Waals surface area contributed by atoms with E-state index in [0.717, 1.165) is 33.5 Å².